The summed E-state index contributed by atoms with van der Waals surface area (Å²) in [5.41, 5.74) is 0.356. The Kier molecular flexibility index (Phi) is 1.48. The Balaban J connectivity index is 2.98. The topological polar surface area (TPSA) is 38.0 Å². The van der Waals surface area contributed by atoms with Gasteiger partial charge in [-0.05, 0) is 0 Å². The number of hydrogen-bond acceptors (Lipinski definition) is 2. The first-order valence-electron chi connectivity index (χ1n) is 2.53. The van der Waals surface area contributed by atoms with Crippen LogP contribution in [0, 0.1) is 5.95 Å². The van der Waals surface area contributed by atoms with Crippen molar-refractivity contribution in [2.75, 3.05) is 0 Å². The third-order valence-electron chi connectivity index (χ3n) is 1.04. The Morgan fingerprint density at radius 3 is 2.78 bits per heavy atom. The number of aryl methyl sites for hydroxylation is 1. The van der Waals surface area contributed by atoms with E-state index in [0.29, 0.717) is 5.69 Å². The lowest BCUT2D eigenvalue weighted by Gasteiger charge is -1.85. The van der Waals surface area contributed by atoms with E-state index >= 15 is 0 Å². The maximum absolute atomic E-state index is 12.3. The van der Waals surface area contributed by atoms with Crippen molar-refractivity contribution in [3.8, 4) is 0 Å². The molecule has 0 aliphatic rings. The first-order chi connectivity index (χ1) is 4.24. The number of halogens is 1. The Hall–Kier alpha value is -0.900. The highest BCUT2D eigenvalue weighted by Crippen LogP contribution is 1.98. The molecular weight excluding hydrogens is 123 g/mol. The van der Waals surface area contributed by atoms with Crippen LogP contribution < -0.4 is 0 Å². The van der Waals surface area contributed by atoms with Gasteiger partial charge in [0.1, 0.15) is 0 Å². The van der Waals surface area contributed by atoms with Crippen molar-refractivity contribution in [1.29, 1.82) is 0 Å². The van der Waals surface area contributed by atoms with Crippen molar-refractivity contribution in [1.82, 2.24) is 9.78 Å². The second-order valence-corrected chi connectivity index (χ2v) is 1.74. The number of nitrogens with zero attached hydrogens (tertiary/aromatic N) is 2. The van der Waals surface area contributed by atoms with Crippen LogP contribution in [0.1, 0.15) is 5.69 Å². The fourth-order valence-electron chi connectivity index (χ4n) is 0.577. The summed E-state index contributed by atoms with van der Waals surface area (Å²) in [6.45, 7) is -0.211. The minimum Gasteiger partial charge on any atom is -0.390 e. The number of aromatic nitrogens is 2. The fraction of sp³-hybridized carbons (Fsp3) is 0.400. The number of hydrogen-bond donors (Lipinski definition) is 1. The largest absolute Gasteiger partial charge is 0.390 e. The molecule has 1 rings (SSSR count). The molecule has 0 unspecified atom stereocenters. The summed E-state index contributed by atoms with van der Waals surface area (Å²) in [5.74, 6) is -0.431. The molecule has 0 aliphatic heterocycles. The van der Waals surface area contributed by atoms with Crippen molar-refractivity contribution < 1.29 is 9.50 Å². The Bertz CT molecular complexity index is 189. The molecule has 0 saturated heterocycles. The molecule has 1 heterocycles. The quantitative estimate of drug-likeness (QED) is 0.583. The van der Waals surface area contributed by atoms with Gasteiger partial charge in [0.2, 0.25) is 5.95 Å². The van der Waals surface area contributed by atoms with E-state index in [1.807, 2.05) is 0 Å². The van der Waals surface area contributed by atoms with Crippen LogP contribution >= 0.6 is 0 Å². The van der Waals surface area contributed by atoms with Crippen molar-refractivity contribution in [2.24, 2.45) is 7.05 Å². The third-order valence-corrected chi connectivity index (χ3v) is 1.04. The normalized spacial score (nSPS) is 10.1. The van der Waals surface area contributed by atoms with Gasteiger partial charge in [0, 0.05) is 13.1 Å². The molecule has 3 nitrogen and oxygen atoms in total. The molecule has 0 amide bonds. The van der Waals surface area contributed by atoms with Gasteiger partial charge in [-0.15, -0.1) is 0 Å². The highest BCUT2D eigenvalue weighted by Gasteiger charge is 2.00. The lowest BCUT2D eigenvalue weighted by molar-refractivity contribution is 0.275. The van der Waals surface area contributed by atoms with Crippen molar-refractivity contribution in [2.45, 2.75) is 6.61 Å². The van der Waals surface area contributed by atoms with Crippen LogP contribution in [0.15, 0.2) is 6.07 Å². The molecule has 50 valence electrons. The van der Waals surface area contributed by atoms with Gasteiger partial charge in [0.25, 0.3) is 0 Å². The van der Waals surface area contributed by atoms with E-state index in [1.54, 1.807) is 0 Å². The van der Waals surface area contributed by atoms with Gasteiger partial charge >= 0.3 is 0 Å². The number of aliphatic hydroxyl groups excluding tert-OH is 1. The van der Waals surface area contributed by atoms with Crippen LogP contribution in [0.25, 0.3) is 0 Å². The van der Waals surface area contributed by atoms with Gasteiger partial charge in [-0.25, -0.2) is 4.68 Å². The summed E-state index contributed by atoms with van der Waals surface area (Å²) in [5, 5.41) is 12.1. The van der Waals surface area contributed by atoms with Crippen LogP contribution in [-0.4, -0.2) is 14.9 Å². The van der Waals surface area contributed by atoms with Gasteiger partial charge < -0.3 is 5.11 Å². The van der Waals surface area contributed by atoms with Crippen molar-refractivity contribution >= 4 is 0 Å². The van der Waals surface area contributed by atoms with E-state index in [1.165, 1.54) is 13.1 Å². The molecule has 0 saturated carbocycles. The van der Waals surface area contributed by atoms with E-state index in [2.05, 4.69) is 5.10 Å². The van der Waals surface area contributed by atoms with Gasteiger partial charge in [-0.2, -0.15) is 9.49 Å². The van der Waals surface area contributed by atoms with Gasteiger partial charge in [-0.1, -0.05) is 0 Å². The summed E-state index contributed by atoms with van der Waals surface area (Å²) in [6, 6.07) is 1.19. The van der Waals surface area contributed by atoms with Crippen LogP contribution in [-0.2, 0) is 13.7 Å². The molecule has 0 aromatic carbocycles. The van der Waals surface area contributed by atoms with Crippen LogP contribution in [0.3, 0.4) is 0 Å². The summed E-state index contributed by atoms with van der Waals surface area (Å²) < 4.78 is 13.4. The molecule has 4 heteroatoms. The molecule has 9 heavy (non-hydrogen) atoms. The minimum atomic E-state index is -0.431. The summed E-state index contributed by atoms with van der Waals surface area (Å²) in [7, 11) is 1.48. The first-order valence-corrected chi connectivity index (χ1v) is 2.53. The van der Waals surface area contributed by atoms with Gasteiger partial charge in [0.15, 0.2) is 0 Å². The van der Waals surface area contributed by atoms with Crippen LogP contribution in [0.4, 0.5) is 4.39 Å². The molecule has 0 radical (unpaired) electrons. The highest BCUT2D eigenvalue weighted by atomic mass is 19.1. The second kappa shape index (κ2) is 2.14. The summed E-state index contributed by atoms with van der Waals surface area (Å²) >= 11 is 0. The molecule has 0 aliphatic carbocycles. The zero-order chi connectivity index (χ0) is 6.85. The first kappa shape index (κ1) is 6.22. The maximum atomic E-state index is 12.3. The lowest BCUT2D eigenvalue weighted by atomic mass is 10.5. The molecular formula is C5H7FN2O. The van der Waals surface area contributed by atoms with E-state index in [-0.39, 0.29) is 6.61 Å². The SMILES string of the molecule is Cn1nc(CO)cc1F. The monoisotopic (exact) mass is 130 g/mol. The Labute approximate surface area is 51.7 Å². The van der Waals surface area contributed by atoms with Crippen LogP contribution in [0.2, 0.25) is 0 Å². The summed E-state index contributed by atoms with van der Waals surface area (Å²) in [4.78, 5) is 0. The zero-order valence-electron chi connectivity index (χ0n) is 5.00. The molecule has 0 atom stereocenters. The molecule has 0 fully saturated rings. The second-order valence-electron chi connectivity index (χ2n) is 1.74. The smallest absolute Gasteiger partial charge is 0.211 e. The molecule has 1 aromatic rings. The Morgan fingerprint density at radius 2 is 2.56 bits per heavy atom. The van der Waals surface area contributed by atoms with Crippen molar-refractivity contribution in [3.05, 3.63) is 17.7 Å². The average molecular weight is 130 g/mol. The molecule has 1 N–H and O–H groups in total. The van der Waals surface area contributed by atoms with Gasteiger partial charge in [0.05, 0.1) is 12.3 Å². The lowest BCUT2D eigenvalue weighted by Crippen LogP contribution is -1.93. The maximum Gasteiger partial charge on any atom is 0.211 e. The van der Waals surface area contributed by atoms with E-state index < -0.39 is 5.95 Å². The standard InChI is InChI=1S/C5H7FN2O/c1-8-5(6)2-4(3-9)7-8/h2,9H,3H2,1H3. The molecule has 0 bridgehead atoms. The number of rotatable bonds is 1. The zero-order valence-corrected chi connectivity index (χ0v) is 5.00. The predicted octanol–water partition coefficient (Wildman–Crippen LogP) is 0.0515. The van der Waals surface area contributed by atoms with E-state index in [9.17, 15) is 4.39 Å². The Morgan fingerprint density at radius 1 is 1.89 bits per heavy atom. The highest BCUT2D eigenvalue weighted by molar-refractivity contribution is 4.98. The summed E-state index contributed by atoms with van der Waals surface area (Å²) in [6.07, 6.45) is 0. The third kappa shape index (κ3) is 1.08. The number of aliphatic hydroxyl groups is 1. The van der Waals surface area contributed by atoms with Gasteiger partial charge in [-0.3, -0.25) is 0 Å². The molecule has 1 aromatic heterocycles. The molecule has 0 spiro atoms. The fourth-order valence-corrected chi connectivity index (χ4v) is 0.577. The van der Waals surface area contributed by atoms with Crippen molar-refractivity contribution in [3.63, 3.8) is 0 Å². The minimum absolute atomic E-state index is 0.211. The average Bonchev–Trinajstić information content (AvgIpc) is 2.13. The van der Waals surface area contributed by atoms with Crippen LogP contribution in [0.5, 0.6) is 0 Å². The van der Waals surface area contributed by atoms with E-state index in [4.69, 9.17) is 5.11 Å². The predicted molar refractivity (Wildman–Crippen MR) is 29.1 cm³/mol. The van der Waals surface area contributed by atoms with E-state index in [0.717, 1.165) is 4.68 Å².